The Balaban J connectivity index is 1.87. The van der Waals surface area contributed by atoms with E-state index in [0.717, 1.165) is 16.7 Å². The highest BCUT2D eigenvalue weighted by molar-refractivity contribution is 5.78. The second kappa shape index (κ2) is 8.98. The molecule has 0 atom stereocenters. The molecule has 0 saturated carbocycles. The minimum Gasteiger partial charge on any atom is -0.435 e. The summed E-state index contributed by atoms with van der Waals surface area (Å²) in [4.78, 5) is 12.0. The third-order valence-corrected chi connectivity index (χ3v) is 3.41. The van der Waals surface area contributed by atoms with Gasteiger partial charge in [0, 0.05) is 13.7 Å². The molecule has 0 spiro atoms. The van der Waals surface area contributed by atoms with Crippen molar-refractivity contribution in [2.45, 2.75) is 26.2 Å². The van der Waals surface area contributed by atoms with Gasteiger partial charge in [0.05, 0.1) is 13.0 Å². The molecule has 0 bridgehead atoms. The largest absolute Gasteiger partial charge is 0.435 e. The normalized spacial score (nSPS) is 10.7. The number of alkyl halides is 2. The van der Waals surface area contributed by atoms with Crippen LogP contribution >= 0.6 is 0 Å². The average molecular weight is 335 g/mol. The number of amides is 1. The van der Waals surface area contributed by atoms with Crippen molar-refractivity contribution in [3.8, 4) is 5.75 Å². The van der Waals surface area contributed by atoms with Crippen molar-refractivity contribution in [1.82, 2.24) is 5.32 Å². The Morgan fingerprint density at radius 2 is 1.75 bits per heavy atom. The molecule has 0 radical (unpaired) electrons. The van der Waals surface area contributed by atoms with E-state index in [1.807, 2.05) is 24.3 Å². The van der Waals surface area contributed by atoms with Gasteiger partial charge in [-0.2, -0.15) is 8.78 Å². The third-order valence-electron chi connectivity index (χ3n) is 3.41. The van der Waals surface area contributed by atoms with E-state index in [1.165, 1.54) is 12.1 Å². The van der Waals surface area contributed by atoms with Gasteiger partial charge in [-0.05, 0) is 28.8 Å². The maximum atomic E-state index is 12.1. The summed E-state index contributed by atoms with van der Waals surface area (Å²) in [5, 5.41) is 2.85. The molecule has 0 unspecified atom stereocenters. The van der Waals surface area contributed by atoms with E-state index in [4.69, 9.17) is 4.74 Å². The molecule has 128 valence electrons. The quantitative estimate of drug-likeness (QED) is 0.805. The molecule has 0 aliphatic carbocycles. The molecule has 0 fully saturated rings. The van der Waals surface area contributed by atoms with Crippen LogP contribution in [0.2, 0.25) is 0 Å². The van der Waals surface area contributed by atoms with Crippen molar-refractivity contribution in [3.63, 3.8) is 0 Å². The van der Waals surface area contributed by atoms with Gasteiger partial charge in [-0.1, -0.05) is 36.4 Å². The summed E-state index contributed by atoms with van der Waals surface area (Å²) < 4.78 is 33.6. The minimum atomic E-state index is -2.86. The first kappa shape index (κ1) is 17.9. The fourth-order valence-electron chi connectivity index (χ4n) is 2.26. The van der Waals surface area contributed by atoms with Crippen molar-refractivity contribution in [2.24, 2.45) is 0 Å². The second-order valence-corrected chi connectivity index (χ2v) is 5.18. The lowest BCUT2D eigenvalue weighted by Gasteiger charge is -2.10. The first-order valence-electron chi connectivity index (χ1n) is 7.44. The van der Waals surface area contributed by atoms with Crippen molar-refractivity contribution < 1.29 is 23.0 Å². The maximum absolute atomic E-state index is 12.1. The number of hydrogen-bond donors (Lipinski definition) is 1. The molecule has 2 aromatic rings. The second-order valence-electron chi connectivity index (χ2n) is 5.18. The number of carbonyl (C=O) groups excluding carboxylic acids is 1. The van der Waals surface area contributed by atoms with Crippen LogP contribution in [0.5, 0.6) is 5.75 Å². The number of nitrogens with one attached hydrogen (secondary N) is 1. The van der Waals surface area contributed by atoms with Crippen molar-refractivity contribution >= 4 is 5.91 Å². The molecule has 1 amide bonds. The summed E-state index contributed by atoms with van der Waals surface area (Å²) in [6.45, 7) is -1.96. The highest BCUT2D eigenvalue weighted by Gasteiger charge is 2.07. The highest BCUT2D eigenvalue weighted by Crippen LogP contribution is 2.15. The van der Waals surface area contributed by atoms with Gasteiger partial charge in [0.25, 0.3) is 0 Å². The van der Waals surface area contributed by atoms with Crippen LogP contribution < -0.4 is 10.1 Å². The van der Waals surface area contributed by atoms with Gasteiger partial charge in [-0.3, -0.25) is 4.79 Å². The van der Waals surface area contributed by atoms with Crippen LogP contribution in [0.15, 0.2) is 48.5 Å². The Morgan fingerprint density at radius 3 is 2.38 bits per heavy atom. The molecule has 2 rings (SSSR count). The highest BCUT2D eigenvalue weighted by atomic mass is 19.3. The topological polar surface area (TPSA) is 47.6 Å². The summed E-state index contributed by atoms with van der Waals surface area (Å²) in [5.74, 6) is -0.0765. The number of rotatable bonds is 8. The number of benzene rings is 2. The number of hydrogen-bond acceptors (Lipinski definition) is 3. The molecule has 0 saturated heterocycles. The monoisotopic (exact) mass is 335 g/mol. The third kappa shape index (κ3) is 5.62. The summed E-state index contributed by atoms with van der Waals surface area (Å²) >= 11 is 0. The van der Waals surface area contributed by atoms with E-state index in [1.54, 1.807) is 19.2 Å². The zero-order valence-corrected chi connectivity index (χ0v) is 13.3. The SMILES string of the molecule is COCc1ccccc1CNC(=O)Cc1ccc(OC(F)F)cc1. The summed E-state index contributed by atoms with van der Waals surface area (Å²) in [5.41, 5.74) is 2.74. The van der Waals surface area contributed by atoms with Crippen LogP contribution in [0.25, 0.3) is 0 Å². The Bertz CT molecular complexity index is 660. The maximum Gasteiger partial charge on any atom is 0.387 e. The van der Waals surface area contributed by atoms with Crippen molar-refractivity contribution in [1.29, 1.82) is 0 Å². The summed E-state index contributed by atoms with van der Waals surface area (Å²) in [6.07, 6.45) is 0.168. The van der Waals surface area contributed by atoms with Gasteiger partial charge < -0.3 is 14.8 Å². The molecular weight excluding hydrogens is 316 g/mol. The lowest BCUT2D eigenvalue weighted by molar-refractivity contribution is -0.120. The van der Waals surface area contributed by atoms with E-state index in [9.17, 15) is 13.6 Å². The summed E-state index contributed by atoms with van der Waals surface area (Å²) in [6, 6.07) is 13.7. The molecule has 0 heterocycles. The summed E-state index contributed by atoms with van der Waals surface area (Å²) in [7, 11) is 1.62. The lowest BCUT2D eigenvalue weighted by atomic mass is 10.1. The van der Waals surface area contributed by atoms with E-state index < -0.39 is 6.61 Å². The lowest BCUT2D eigenvalue weighted by Crippen LogP contribution is -2.25. The molecule has 0 aliphatic heterocycles. The van der Waals surface area contributed by atoms with Gasteiger partial charge in [-0.25, -0.2) is 0 Å². The van der Waals surface area contributed by atoms with Gasteiger partial charge >= 0.3 is 6.61 Å². The zero-order chi connectivity index (χ0) is 17.4. The van der Waals surface area contributed by atoms with Crippen LogP contribution in [0.1, 0.15) is 16.7 Å². The van der Waals surface area contributed by atoms with Crippen LogP contribution in [0.3, 0.4) is 0 Å². The molecular formula is C18H19F2NO3. The molecule has 2 aromatic carbocycles. The fraction of sp³-hybridized carbons (Fsp3) is 0.278. The standard InChI is InChI=1S/C18H19F2NO3/c1-23-12-15-5-3-2-4-14(15)11-21-17(22)10-13-6-8-16(9-7-13)24-18(19)20/h2-9,18H,10-12H2,1H3,(H,21,22). The van der Waals surface area contributed by atoms with Crippen LogP contribution in [0, 0.1) is 0 Å². The Hall–Kier alpha value is -2.47. The molecule has 0 aliphatic rings. The fourth-order valence-corrected chi connectivity index (χ4v) is 2.26. The number of methoxy groups -OCH3 is 1. The van der Waals surface area contributed by atoms with Gasteiger partial charge in [-0.15, -0.1) is 0 Å². The Morgan fingerprint density at radius 1 is 1.08 bits per heavy atom. The number of ether oxygens (including phenoxy) is 2. The van der Waals surface area contributed by atoms with Gasteiger partial charge in [0.1, 0.15) is 5.75 Å². The molecule has 24 heavy (non-hydrogen) atoms. The first-order valence-corrected chi connectivity index (χ1v) is 7.44. The van der Waals surface area contributed by atoms with E-state index in [0.29, 0.717) is 13.2 Å². The zero-order valence-electron chi connectivity index (χ0n) is 13.3. The molecule has 0 aromatic heterocycles. The van der Waals surface area contributed by atoms with Crippen molar-refractivity contribution in [2.75, 3.05) is 7.11 Å². The molecule has 1 N–H and O–H groups in total. The predicted molar refractivity (Wildman–Crippen MR) is 85.8 cm³/mol. The van der Waals surface area contributed by atoms with Crippen molar-refractivity contribution in [3.05, 3.63) is 65.2 Å². The van der Waals surface area contributed by atoms with E-state index >= 15 is 0 Å². The van der Waals surface area contributed by atoms with E-state index in [2.05, 4.69) is 10.1 Å². The number of halogens is 2. The first-order chi connectivity index (χ1) is 11.6. The Labute approximate surface area is 139 Å². The predicted octanol–water partition coefficient (Wildman–Crippen LogP) is 3.29. The molecule has 6 heteroatoms. The Kier molecular flexibility index (Phi) is 6.69. The smallest absolute Gasteiger partial charge is 0.387 e. The van der Waals surface area contributed by atoms with Crippen LogP contribution in [-0.2, 0) is 29.1 Å². The van der Waals surface area contributed by atoms with Gasteiger partial charge in [0.2, 0.25) is 5.91 Å². The van der Waals surface area contributed by atoms with E-state index in [-0.39, 0.29) is 18.1 Å². The molecule has 4 nitrogen and oxygen atoms in total. The average Bonchev–Trinajstić information content (AvgIpc) is 2.56. The van der Waals surface area contributed by atoms with Crippen LogP contribution in [-0.4, -0.2) is 19.6 Å². The minimum absolute atomic E-state index is 0.0719. The van der Waals surface area contributed by atoms with Gasteiger partial charge in [0.15, 0.2) is 0 Å². The van der Waals surface area contributed by atoms with Crippen LogP contribution in [0.4, 0.5) is 8.78 Å². The number of carbonyl (C=O) groups is 1.